The van der Waals surface area contributed by atoms with E-state index in [1.807, 2.05) is 18.2 Å². The number of carbonyl (C=O) groups is 2. The van der Waals surface area contributed by atoms with Crippen LogP contribution in [0.4, 0.5) is 4.39 Å². The highest BCUT2D eigenvalue weighted by molar-refractivity contribution is 6.02. The van der Waals surface area contributed by atoms with Gasteiger partial charge in [0.2, 0.25) is 5.91 Å². The van der Waals surface area contributed by atoms with Crippen LogP contribution < -0.4 is 14.8 Å². The summed E-state index contributed by atoms with van der Waals surface area (Å²) in [7, 11) is 3.18. The van der Waals surface area contributed by atoms with Crippen molar-refractivity contribution in [2.45, 2.75) is 31.1 Å². The number of carbonyl (C=O) groups excluding carboxylic acids is 2. The first-order chi connectivity index (χ1) is 14.0. The van der Waals surface area contributed by atoms with E-state index in [1.165, 1.54) is 12.1 Å². The molecule has 2 aliphatic rings. The molecule has 2 unspecified atom stereocenters. The van der Waals surface area contributed by atoms with E-state index in [0.717, 1.165) is 11.1 Å². The minimum atomic E-state index is -0.347. The van der Waals surface area contributed by atoms with Gasteiger partial charge in [-0.05, 0) is 42.3 Å². The third kappa shape index (κ3) is 3.62. The van der Waals surface area contributed by atoms with Crippen molar-refractivity contribution in [3.8, 4) is 11.5 Å². The van der Waals surface area contributed by atoms with Crippen molar-refractivity contribution < 1.29 is 23.5 Å². The second kappa shape index (κ2) is 7.70. The molecule has 1 heterocycles. The molecule has 0 spiro atoms. The first-order valence-electron chi connectivity index (χ1n) is 9.53. The maximum Gasteiger partial charge on any atom is 0.225 e. The molecule has 0 aromatic heterocycles. The first kappa shape index (κ1) is 19.2. The van der Waals surface area contributed by atoms with Gasteiger partial charge in [0, 0.05) is 41.5 Å². The summed E-state index contributed by atoms with van der Waals surface area (Å²) in [5, 5.41) is 2.90. The predicted octanol–water partition coefficient (Wildman–Crippen LogP) is 3.85. The molecule has 29 heavy (non-hydrogen) atoms. The molecule has 1 aliphatic carbocycles. The van der Waals surface area contributed by atoms with Crippen LogP contribution in [-0.2, 0) is 9.59 Å². The standard InChI is InChI=1S/C23H22FNO4/c1-28-16-7-8-21(29-2)17(11-16)14-9-19-23(20(26)10-14)18(12-22(27)25-19)13-3-5-15(24)6-4-13/h3-8,11,14,18H,9-10,12H2,1-2H3,(H,25,27). The summed E-state index contributed by atoms with van der Waals surface area (Å²) in [5.74, 6) is 0.413. The molecular formula is C23H22FNO4. The second-order valence-corrected chi connectivity index (χ2v) is 7.38. The lowest BCUT2D eigenvalue weighted by molar-refractivity contribution is -0.122. The van der Waals surface area contributed by atoms with E-state index in [1.54, 1.807) is 26.4 Å². The number of methoxy groups -OCH3 is 2. The van der Waals surface area contributed by atoms with Gasteiger partial charge < -0.3 is 14.8 Å². The molecular weight excluding hydrogens is 373 g/mol. The molecule has 2 atom stereocenters. The van der Waals surface area contributed by atoms with Crippen LogP contribution in [-0.4, -0.2) is 25.9 Å². The lowest BCUT2D eigenvalue weighted by Gasteiger charge is -2.34. The van der Waals surface area contributed by atoms with Gasteiger partial charge in [-0.15, -0.1) is 0 Å². The highest BCUT2D eigenvalue weighted by Crippen LogP contribution is 2.45. The molecule has 1 amide bonds. The second-order valence-electron chi connectivity index (χ2n) is 7.38. The Bertz CT molecular complexity index is 996. The molecule has 0 bridgehead atoms. The number of Topliss-reactive ketones (excluding diaryl/α,β-unsaturated/α-hetero) is 1. The van der Waals surface area contributed by atoms with Crippen LogP contribution in [0.5, 0.6) is 11.5 Å². The fourth-order valence-corrected chi connectivity index (χ4v) is 4.32. The lowest BCUT2D eigenvalue weighted by atomic mass is 9.73. The average molecular weight is 395 g/mol. The zero-order chi connectivity index (χ0) is 20.5. The average Bonchev–Trinajstić information content (AvgIpc) is 2.72. The van der Waals surface area contributed by atoms with Gasteiger partial charge in [-0.1, -0.05) is 12.1 Å². The van der Waals surface area contributed by atoms with Crippen molar-refractivity contribution in [3.63, 3.8) is 0 Å². The third-order valence-electron chi connectivity index (χ3n) is 5.69. The smallest absolute Gasteiger partial charge is 0.225 e. The highest BCUT2D eigenvalue weighted by Gasteiger charge is 2.38. The summed E-state index contributed by atoms with van der Waals surface area (Å²) in [6.07, 6.45) is 1.02. The van der Waals surface area contributed by atoms with E-state index in [2.05, 4.69) is 5.32 Å². The zero-order valence-electron chi connectivity index (χ0n) is 16.3. The van der Waals surface area contributed by atoms with E-state index in [4.69, 9.17) is 9.47 Å². The van der Waals surface area contributed by atoms with E-state index in [0.29, 0.717) is 35.6 Å². The molecule has 0 fully saturated rings. The van der Waals surface area contributed by atoms with E-state index >= 15 is 0 Å². The Morgan fingerprint density at radius 2 is 1.72 bits per heavy atom. The van der Waals surface area contributed by atoms with Gasteiger partial charge in [0.15, 0.2) is 5.78 Å². The molecule has 5 nitrogen and oxygen atoms in total. The van der Waals surface area contributed by atoms with Gasteiger partial charge in [-0.2, -0.15) is 0 Å². The molecule has 4 rings (SSSR count). The lowest BCUT2D eigenvalue weighted by Crippen LogP contribution is -2.38. The van der Waals surface area contributed by atoms with Gasteiger partial charge in [0.1, 0.15) is 17.3 Å². The van der Waals surface area contributed by atoms with Gasteiger partial charge in [-0.25, -0.2) is 4.39 Å². The summed E-state index contributed by atoms with van der Waals surface area (Å²) >= 11 is 0. The van der Waals surface area contributed by atoms with Crippen LogP contribution in [0.25, 0.3) is 0 Å². The largest absolute Gasteiger partial charge is 0.497 e. The molecule has 2 aromatic rings. The van der Waals surface area contributed by atoms with Crippen molar-refractivity contribution in [1.82, 2.24) is 5.32 Å². The summed E-state index contributed by atoms with van der Waals surface area (Å²) in [4.78, 5) is 25.5. The number of benzene rings is 2. The number of amides is 1. The molecule has 0 radical (unpaired) electrons. The van der Waals surface area contributed by atoms with Gasteiger partial charge in [0.05, 0.1) is 14.2 Å². The number of hydrogen-bond acceptors (Lipinski definition) is 4. The fraction of sp³-hybridized carbons (Fsp3) is 0.304. The zero-order valence-corrected chi connectivity index (χ0v) is 16.3. The normalized spacial score (nSPS) is 21.5. The molecule has 2 aromatic carbocycles. The van der Waals surface area contributed by atoms with Crippen LogP contribution in [0.15, 0.2) is 53.7 Å². The summed E-state index contributed by atoms with van der Waals surface area (Å²) in [5.41, 5.74) is 2.94. The number of ether oxygens (including phenoxy) is 2. The topological polar surface area (TPSA) is 64.6 Å². The number of rotatable bonds is 4. The molecule has 150 valence electrons. The van der Waals surface area contributed by atoms with Crippen LogP contribution in [0.1, 0.15) is 42.2 Å². The Morgan fingerprint density at radius 3 is 2.41 bits per heavy atom. The summed E-state index contributed by atoms with van der Waals surface area (Å²) in [6, 6.07) is 11.5. The monoisotopic (exact) mass is 395 g/mol. The first-order valence-corrected chi connectivity index (χ1v) is 9.53. The third-order valence-corrected chi connectivity index (χ3v) is 5.69. The summed E-state index contributed by atoms with van der Waals surface area (Å²) in [6.45, 7) is 0. The minimum Gasteiger partial charge on any atom is -0.497 e. The maximum atomic E-state index is 13.3. The molecule has 0 saturated heterocycles. The minimum absolute atomic E-state index is 0.00421. The maximum absolute atomic E-state index is 13.3. The Morgan fingerprint density at radius 1 is 0.966 bits per heavy atom. The SMILES string of the molecule is COc1ccc(OC)c(C2CC(=O)C3=C(C2)NC(=O)CC3c2ccc(F)cc2)c1. The Hall–Kier alpha value is -3.15. The number of nitrogens with one attached hydrogen (secondary N) is 1. The van der Waals surface area contributed by atoms with Gasteiger partial charge in [0.25, 0.3) is 0 Å². The van der Waals surface area contributed by atoms with E-state index in [9.17, 15) is 14.0 Å². The van der Waals surface area contributed by atoms with Crippen molar-refractivity contribution in [2.24, 2.45) is 0 Å². The quantitative estimate of drug-likeness (QED) is 0.854. The van der Waals surface area contributed by atoms with Crippen molar-refractivity contribution in [1.29, 1.82) is 0 Å². The molecule has 6 heteroatoms. The van der Waals surface area contributed by atoms with Gasteiger partial charge in [-0.3, -0.25) is 9.59 Å². The Labute approximate surface area is 168 Å². The predicted molar refractivity (Wildman–Crippen MR) is 105 cm³/mol. The van der Waals surface area contributed by atoms with Crippen molar-refractivity contribution >= 4 is 11.7 Å². The Kier molecular flexibility index (Phi) is 5.09. The van der Waals surface area contributed by atoms with Crippen LogP contribution >= 0.6 is 0 Å². The Balaban J connectivity index is 1.72. The number of halogens is 1. The van der Waals surface area contributed by atoms with E-state index < -0.39 is 0 Å². The van der Waals surface area contributed by atoms with E-state index in [-0.39, 0.29) is 35.8 Å². The molecule has 0 saturated carbocycles. The highest BCUT2D eigenvalue weighted by atomic mass is 19.1. The summed E-state index contributed by atoms with van der Waals surface area (Å²) < 4.78 is 24.1. The number of ketones is 1. The fourth-order valence-electron chi connectivity index (χ4n) is 4.32. The number of allylic oxidation sites excluding steroid dienone is 2. The van der Waals surface area contributed by atoms with Crippen LogP contribution in [0.2, 0.25) is 0 Å². The van der Waals surface area contributed by atoms with Crippen molar-refractivity contribution in [3.05, 3.63) is 70.7 Å². The number of hydrogen-bond donors (Lipinski definition) is 1. The van der Waals surface area contributed by atoms with Crippen LogP contribution in [0, 0.1) is 5.82 Å². The van der Waals surface area contributed by atoms with Crippen LogP contribution in [0.3, 0.4) is 0 Å². The van der Waals surface area contributed by atoms with Crippen molar-refractivity contribution in [2.75, 3.05) is 14.2 Å². The molecule has 1 aliphatic heterocycles. The van der Waals surface area contributed by atoms with Gasteiger partial charge >= 0.3 is 0 Å². The molecule has 1 N–H and O–H groups in total.